The van der Waals surface area contributed by atoms with E-state index in [1.54, 1.807) is 18.4 Å². The van der Waals surface area contributed by atoms with Gasteiger partial charge in [0.2, 0.25) is 0 Å². The number of aromatic nitrogens is 1. The number of rotatable bonds is 5. The molecule has 0 spiro atoms. The van der Waals surface area contributed by atoms with Gasteiger partial charge in [-0.3, -0.25) is 4.99 Å². The van der Waals surface area contributed by atoms with Crippen LogP contribution in [0.1, 0.15) is 29.4 Å². The Bertz CT molecular complexity index is 396. The van der Waals surface area contributed by atoms with Crippen LogP contribution in [0.4, 0.5) is 0 Å². The summed E-state index contributed by atoms with van der Waals surface area (Å²) in [6.07, 6.45) is 1.000. The molecule has 2 N–H and O–H groups in total. The first-order valence-corrected chi connectivity index (χ1v) is 7.22. The van der Waals surface area contributed by atoms with Crippen molar-refractivity contribution in [1.29, 1.82) is 0 Å². The highest BCUT2D eigenvalue weighted by Gasteiger charge is 2.05. The zero-order valence-corrected chi connectivity index (χ0v) is 12.8. The van der Waals surface area contributed by atoms with Crippen molar-refractivity contribution in [1.82, 2.24) is 15.6 Å². The standard InChI is InChI=1S/C13H24N4S/c1-9(2)8-16-13(14-5)15-7-6-12-10(3)17-11(4)18-12/h9H,6-8H2,1-5H3,(H2,14,15,16). The highest BCUT2D eigenvalue weighted by Crippen LogP contribution is 2.16. The normalized spacial score (nSPS) is 12.0. The topological polar surface area (TPSA) is 49.3 Å². The van der Waals surface area contributed by atoms with Gasteiger partial charge in [0.25, 0.3) is 0 Å². The maximum absolute atomic E-state index is 4.43. The number of nitrogens with zero attached hydrogens (tertiary/aromatic N) is 2. The number of thiazole rings is 1. The average Bonchev–Trinajstić information content (AvgIpc) is 2.62. The molecule has 0 unspecified atom stereocenters. The Morgan fingerprint density at radius 2 is 2.06 bits per heavy atom. The highest BCUT2D eigenvalue weighted by molar-refractivity contribution is 7.11. The van der Waals surface area contributed by atoms with Gasteiger partial charge in [-0.15, -0.1) is 11.3 Å². The zero-order valence-electron chi connectivity index (χ0n) is 12.0. The number of hydrogen-bond acceptors (Lipinski definition) is 3. The van der Waals surface area contributed by atoms with Gasteiger partial charge in [0.15, 0.2) is 5.96 Å². The van der Waals surface area contributed by atoms with Gasteiger partial charge in [-0.25, -0.2) is 4.98 Å². The number of aliphatic imine (C=N–C) groups is 1. The van der Waals surface area contributed by atoms with Gasteiger partial charge in [-0.2, -0.15) is 0 Å². The molecule has 0 aliphatic carbocycles. The average molecular weight is 268 g/mol. The molecule has 0 bridgehead atoms. The molecule has 18 heavy (non-hydrogen) atoms. The second kappa shape index (κ2) is 7.36. The first-order chi connectivity index (χ1) is 8.52. The molecule has 102 valence electrons. The van der Waals surface area contributed by atoms with Crippen LogP contribution in [0.3, 0.4) is 0 Å². The summed E-state index contributed by atoms with van der Waals surface area (Å²) in [5.74, 6) is 1.50. The van der Waals surface area contributed by atoms with Crippen LogP contribution in [-0.4, -0.2) is 31.1 Å². The predicted molar refractivity (Wildman–Crippen MR) is 79.5 cm³/mol. The fraction of sp³-hybridized carbons (Fsp3) is 0.692. The Morgan fingerprint density at radius 3 is 2.56 bits per heavy atom. The van der Waals surface area contributed by atoms with E-state index in [4.69, 9.17) is 0 Å². The van der Waals surface area contributed by atoms with Gasteiger partial charge >= 0.3 is 0 Å². The van der Waals surface area contributed by atoms with Crippen molar-refractivity contribution < 1.29 is 0 Å². The molecular weight excluding hydrogens is 244 g/mol. The zero-order chi connectivity index (χ0) is 13.5. The molecule has 0 aliphatic rings. The Hall–Kier alpha value is -1.10. The lowest BCUT2D eigenvalue weighted by Crippen LogP contribution is -2.39. The molecule has 1 aromatic rings. The summed E-state index contributed by atoms with van der Waals surface area (Å²) in [7, 11) is 1.80. The molecule has 0 fully saturated rings. The van der Waals surface area contributed by atoms with Crippen molar-refractivity contribution in [3.05, 3.63) is 15.6 Å². The molecule has 1 rings (SSSR count). The van der Waals surface area contributed by atoms with Crippen molar-refractivity contribution in [2.75, 3.05) is 20.1 Å². The minimum Gasteiger partial charge on any atom is -0.356 e. The van der Waals surface area contributed by atoms with Gasteiger partial charge in [-0.1, -0.05) is 13.8 Å². The molecular formula is C13H24N4S. The first kappa shape index (κ1) is 15.0. The third-order valence-electron chi connectivity index (χ3n) is 2.55. The summed E-state index contributed by atoms with van der Waals surface area (Å²) in [5, 5.41) is 7.77. The van der Waals surface area contributed by atoms with Crippen LogP contribution >= 0.6 is 11.3 Å². The van der Waals surface area contributed by atoms with E-state index in [2.05, 4.69) is 48.3 Å². The Morgan fingerprint density at radius 1 is 1.33 bits per heavy atom. The van der Waals surface area contributed by atoms with E-state index in [0.717, 1.165) is 36.2 Å². The van der Waals surface area contributed by atoms with Crippen LogP contribution < -0.4 is 10.6 Å². The summed E-state index contributed by atoms with van der Waals surface area (Å²) in [6, 6.07) is 0. The van der Waals surface area contributed by atoms with E-state index in [1.807, 2.05) is 0 Å². The van der Waals surface area contributed by atoms with E-state index < -0.39 is 0 Å². The lowest BCUT2D eigenvalue weighted by molar-refractivity contribution is 0.614. The molecule has 0 radical (unpaired) electrons. The predicted octanol–water partition coefficient (Wildman–Crippen LogP) is 2.12. The van der Waals surface area contributed by atoms with Crippen molar-refractivity contribution in [2.24, 2.45) is 10.9 Å². The molecule has 5 heteroatoms. The van der Waals surface area contributed by atoms with E-state index in [1.165, 1.54) is 4.88 Å². The quantitative estimate of drug-likeness (QED) is 0.635. The van der Waals surface area contributed by atoms with Crippen molar-refractivity contribution in [2.45, 2.75) is 34.1 Å². The van der Waals surface area contributed by atoms with Crippen LogP contribution in [-0.2, 0) is 6.42 Å². The number of nitrogens with one attached hydrogen (secondary N) is 2. The van der Waals surface area contributed by atoms with Crippen LogP contribution in [0.25, 0.3) is 0 Å². The second-order valence-electron chi connectivity index (χ2n) is 4.77. The third kappa shape index (κ3) is 5.04. The molecule has 0 aliphatic heterocycles. The van der Waals surface area contributed by atoms with Gasteiger partial charge in [-0.05, 0) is 19.8 Å². The van der Waals surface area contributed by atoms with E-state index in [0.29, 0.717) is 5.92 Å². The van der Waals surface area contributed by atoms with Gasteiger partial charge in [0.1, 0.15) is 0 Å². The van der Waals surface area contributed by atoms with Crippen LogP contribution in [0.15, 0.2) is 4.99 Å². The molecule has 0 amide bonds. The summed E-state index contributed by atoms with van der Waals surface area (Å²) in [5.41, 5.74) is 1.16. The number of guanidine groups is 1. The van der Waals surface area contributed by atoms with Gasteiger partial charge in [0, 0.05) is 31.4 Å². The summed E-state index contributed by atoms with van der Waals surface area (Å²) in [6.45, 7) is 10.3. The van der Waals surface area contributed by atoms with E-state index >= 15 is 0 Å². The van der Waals surface area contributed by atoms with E-state index in [9.17, 15) is 0 Å². The Kier molecular flexibility index (Phi) is 6.12. The fourth-order valence-corrected chi connectivity index (χ4v) is 2.56. The van der Waals surface area contributed by atoms with Crippen LogP contribution in [0.2, 0.25) is 0 Å². The molecule has 4 nitrogen and oxygen atoms in total. The minimum atomic E-state index is 0.620. The minimum absolute atomic E-state index is 0.620. The first-order valence-electron chi connectivity index (χ1n) is 6.40. The molecule has 0 aromatic carbocycles. The van der Waals surface area contributed by atoms with Crippen LogP contribution in [0, 0.1) is 19.8 Å². The fourth-order valence-electron chi connectivity index (χ4n) is 1.62. The monoisotopic (exact) mass is 268 g/mol. The molecule has 1 heterocycles. The highest BCUT2D eigenvalue weighted by atomic mass is 32.1. The maximum Gasteiger partial charge on any atom is 0.190 e. The lowest BCUT2D eigenvalue weighted by atomic mass is 10.2. The summed E-state index contributed by atoms with van der Waals surface area (Å²) >= 11 is 1.78. The SMILES string of the molecule is CN=C(NCCc1sc(C)nc1C)NCC(C)C. The summed E-state index contributed by atoms with van der Waals surface area (Å²) < 4.78 is 0. The lowest BCUT2D eigenvalue weighted by Gasteiger charge is -2.13. The molecule has 0 atom stereocenters. The largest absolute Gasteiger partial charge is 0.356 e. The Balaban J connectivity index is 2.34. The second-order valence-corrected chi connectivity index (χ2v) is 6.05. The Labute approximate surface area is 114 Å². The maximum atomic E-state index is 4.43. The van der Waals surface area contributed by atoms with Gasteiger partial charge in [0.05, 0.1) is 10.7 Å². The third-order valence-corrected chi connectivity index (χ3v) is 3.68. The van der Waals surface area contributed by atoms with Crippen molar-refractivity contribution in [3.63, 3.8) is 0 Å². The molecule has 1 aromatic heterocycles. The molecule has 0 saturated carbocycles. The number of hydrogen-bond donors (Lipinski definition) is 2. The van der Waals surface area contributed by atoms with Crippen LogP contribution in [0.5, 0.6) is 0 Å². The summed E-state index contributed by atoms with van der Waals surface area (Å²) in [4.78, 5) is 9.99. The van der Waals surface area contributed by atoms with E-state index in [-0.39, 0.29) is 0 Å². The number of aryl methyl sites for hydroxylation is 2. The van der Waals surface area contributed by atoms with Gasteiger partial charge < -0.3 is 10.6 Å². The van der Waals surface area contributed by atoms with Crippen molar-refractivity contribution in [3.8, 4) is 0 Å². The molecule has 0 saturated heterocycles. The van der Waals surface area contributed by atoms with Crippen molar-refractivity contribution >= 4 is 17.3 Å². The smallest absolute Gasteiger partial charge is 0.190 e.